The molecule has 0 spiro atoms. The molecule has 0 saturated heterocycles. The second-order valence-corrected chi connectivity index (χ2v) is 12.9. The van der Waals surface area contributed by atoms with E-state index >= 15 is 0 Å². The Morgan fingerprint density at radius 2 is 0.923 bits per heavy atom. The summed E-state index contributed by atoms with van der Waals surface area (Å²) in [7, 11) is 0. The van der Waals surface area contributed by atoms with Gasteiger partial charge in [-0.15, -0.1) is 0 Å². The second-order valence-electron chi connectivity index (χ2n) is 12.9. The van der Waals surface area contributed by atoms with Gasteiger partial charge >= 0.3 is 0 Å². The van der Waals surface area contributed by atoms with Crippen LogP contribution in [0.25, 0.3) is 0 Å². The molecule has 1 aliphatic carbocycles. The fraction of sp³-hybridized carbons (Fsp3) is 0.295. The molecule has 6 rings (SSSR count). The monoisotopic (exact) mass is 702 g/mol. The van der Waals surface area contributed by atoms with Crippen LogP contribution in [0.2, 0.25) is 0 Å². The van der Waals surface area contributed by atoms with Crippen molar-refractivity contribution in [2.45, 2.75) is 63.1 Å². The number of benzene rings is 5. The minimum absolute atomic E-state index is 0.0111. The first-order chi connectivity index (χ1) is 25.6. The van der Waals surface area contributed by atoms with Crippen molar-refractivity contribution in [3.05, 3.63) is 179 Å². The van der Waals surface area contributed by atoms with Crippen molar-refractivity contribution < 1.29 is 38.3 Å². The maximum atomic E-state index is 14.3. The van der Waals surface area contributed by atoms with Gasteiger partial charge in [-0.25, -0.2) is 0 Å². The average Bonchev–Trinajstić information content (AvgIpc) is 3.39. The summed E-state index contributed by atoms with van der Waals surface area (Å²) in [6.07, 6.45) is -3.76. The highest BCUT2D eigenvalue weighted by atomic mass is 16.6. The number of carbonyl (C=O) groups excluding carboxylic acids is 1. The van der Waals surface area contributed by atoms with Gasteiger partial charge in [0.2, 0.25) is 5.78 Å². The molecule has 52 heavy (non-hydrogen) atoms. The second kappa shape index (κ2) is 19.4. The number of Topliss-reactive ketones (excluding diaryl/α,β-unsaturated/α-hetero) is 1. The topological polar surface area (TPSA) is 92.7 Å². The third-order valence-electron chi connectivity index (χ3n) is 8.95. The smallest absolute Gasteiger partial charge is 0.200 e. The van der Waals surface area contributed by atoms with Crippen LogP contribution in [0.3, 0.4) is 0 Å². The zero-order valence-electron chi connectivity index (χ0n) is 29.2. The summed E-state index contributed by atoms with van der Waals surface area (Å²) >= 11 is 0. The van der Waals surface area contributed by atoms with Gasteiger partial charge in [-0.3, -0.25) is 4.79 Å². The molecule has 270 valence electrons. The predicted molar refractivity (Wildman–Crippen MR) is 197 cm³/mol. The zero-order chi connectivity index (χ0) is 35.9. The lowest BCUT2D eigenvalue weighted by molar-refractivity contribution is -0.186. The van der Waals surface area contributed by atoms with Gasteiger partial charge in [-0.2, -0.15) is 0 Å². The van der Waals surface area contributed by atoms with Crippen molar-refractivity contribution in [3.63, 3.8) is 0 Å². The summed E-state index contributed by atoms with van der Waals surface area (Å²) in [6.45, 7) is 1.15. The molecule has 8 heteroatoms. The molecule has 1 aliphatic rings. The third-order valence-corrected chi connectivity index (χ3v) is 8.95. The molecule has 1 N–H and O–H groups in total. The normalized spacial score (nSPS) is 20.6. The highest BCUT2D eigenvalue weighted by molar-refractivity contribution is 5.95. The Hall–Kier alpha value is -4.51. The first kappa shape index (κ1) is 37.3. The number of rotatable bonds is 20. The minimum atomic E-state index is -2.08. The molecule has 0 heterocycles. The number of hydrogen-bond acceptors (Lipinski definition) is 8. The van der Waals surface area contributed by atoms with Gasteiger partial charge in [0.15, 0.2) is 5.60 Å². The Balaban J connectivity index is 1.24. The number of aliphatic hydroxyl groups is 1. The van der Waals surface area contributed by atoms with E-state index < -0.39 is 35.8 Å². The van der Waals surface area contributed by atoms with E-state index in [0.29, 0.717) is 13.2 Å². The molecule has 1 saturated carbocycles. The van der Waals surface area contributed by atoms with E-state index in [1.807, 2.05) is 152 Å². The molecule has 0 unspecified atom stereocenters. The highest BCUT2D eigenvalue weighted by Gasteiger charge is 2.62. The molecule has 0 bridgehead atoms. The third kappa shape index (κ3) is 10.5. The summed E-state index contributed by atoms with van der Waals surface area (Å²) < 4.78 is 37.8. The summed E-state index contributed by atoms with van der Waals surface area (Å²) in [5, 5.41) is 12.3. The van der Waals surface area contributed by atoms with Crippen molar-refractivity contribution in [3.8, 4) is 0 Å². The summed E-state index contributed by atoms with van der Waals surface area (Å²) in [5.41, 5.74) is 2.65. The molecule has 0 radical (unpaired) electrons. The van der Waals surface area contributed by atoms with Crippen LogP contribution >= 0.6 is 0 Å². The van der Waals surface area contributed by atoms with Crippen molar-refractivity contribution in [2.24, 2.45) is 0 Å². The maximum absolute atomic E-state index is 14.3. The van der Waals surface area contributed by atoms with E-state index in [0.717, 1.165) is 27.8 Å². The summed E-state index contributed by atoms with van der Waals surface area (Å²) in [6, 6.07) is 48.6. The summed E-state index contributed by atoms with van der Waals surface area (Å²) in [5.74, 6) is -0.554. The largest absolute Gasteiger partial charge is 0.377 e. The molecular formula is C44H46O8. The van der Waals surface area contributed by atoms with Gasteiger partial charge in [0, 0.05) is 0 Å². The number of ether oxygens (including phenoxy) is 6. The van der Waals surface area contributed by atoms with Crippen molar-refractivity contribution >= 4 is 5.78 Å². The van der Waals surface area contributed by atoms with E-state index in [2.05, 4.69) is 0 Å². The van der Waals surface area contributed by atoms with Crippen LogP contribution in [-0.2, 0) is 66.3 Å². The van der Waals surface area contributed by atoms with Crippen LogP contribution in [-0.4, -0.2) is 60.7 Å². The Bertz CT molecular complexity index is 1740. The maximum Gasteiger partial charge on any atom is 0.200 e. The fourth-order valence-corrected chi connectivity index (χ4v) is 6.15. The molecule has 1 fully saturated rings. The van der Waals surface area contributed by atoms with Gasteiger partial charge in [0.1, 0.15) is 24.4 Å². The number of hydrogen-bond donors (Lipinski definition) is 1. The minimum Gasteiger partial charge on any atom is -0.377 e. The molecule has 5 aromatic carbocycles. The molecule has 8 nitrogen and oxygen atoms in total. The standard InChI is InChI=1S/C44H46O8/c45-42-40(50-29-37-22-12-4-13-23-37)41(51-30-38-24-14-5-15-25-38)43(44(42,46)33-48-27-35-18-8-2-9-19-35)52-32-39(49-28-36-20-10-3-11-21-36)31-47-26-34-16-6-1-7-17-34/h1-25,39-41,43,46H,26-33H2/t39-,40+,41+,43-,44-/m0/s1. The van der Waals surface area contributed by atoms with Gasteiger partial charge < -0.3 is 33.5 Å². The first-order valence-electron chi connectivity index (χ1n) is 17.7. The lowest BCUT2D eigenvalue weighted by Gasteiger charge is -2.32. The Kier molecular flexibility index (Phi) is 13.9. The number of carbonyl (C=O) groups is 1. The van der Waals surface area contributed by atoms with E-state index in [4.69, 9.17) is 28.4 Å². The Morgan fingerprint density at radius 3 is 1.42 bits per heavy atom. The lowest BCUT2D eigenvalue weighted by atomic mass is 9.99. The van der Waals surface area contributed by atoms with Crippen LogP contribution in [0, 0.1) is 0 Å². The average molecular weight is 703 g/mol. The van der Waals surface area contributed by atoms with E-state index in [-0.39, 0.29) is 39.6 Å². The highest BCUT2D eigenvalue weighted by Crippen LogP contribution is 2.36. The van der Waals surface area contributed by atoms with Gasteiger partial charge in [0.05, 0.1) is 52.9 Å². The van der Waals surface area contributed by atoms with Crippen LogP contribution in [0.15, 0.2) is 152 Å². The molecule has 0 aliphatic heterocycles. The SMILES string of the molecule is O=C1[C@H](OCc2ccccc2)[C@@H](OCc2ccccc2)[C@H](OC[C@H](COCc2ccccc2)OCc2ccccc2)[C@]1(O)COCc1ccccc1. The quantitative estimate of drug-likeness (QED) is 0.0940. The molecule has 0 aromatic heterocycles. The van der Waals surface area contributed by atoms with Gasteiger partial charge in [-0.1, -0.05) is 152 Å². The van der Waals surface area contributed by atoms with E-state index in [1.54, 1.807) is 0 Å². The Morgan fingerprint density at radius 1 is 0.500 bits per heavy atom. The predicted octanol–water partition coefficient (Wildman–Crippen LogP) is 6.88. The molecular weight excluding hydrogens is 656 g/mol. The fourth-order valence-electron chi connectivity index (χ4n) is 6.15. The van der Waals surface area contributed by atoms with Crippen molar-refractivity contribution in [1.82, 2.24) is 0 Å². The van der Waals surface area contributed by atoms with Gasteiger partial charge in [-0.05, 0) is 27.8 Å². The van der Waals surface area contributed by atoms with E-state index in [9.17, 15) is 9.90 Å². The van der Waals surface area contributed by atoms with Crippen molar-refractivity contribution in [1.29, 1.82) is 0 Å². The zero-order valence-corrected chi connectivity index (χ0v) is 29.2. The van der Waals surface area contributed by atoms with Crippen LogP contribution in [0.5, 0.6) is 0 Å². The van der Waals surface area contributed by atoms with Crippen LogP contribution < -0.4 is 0 Å². The molecule has 5 atom stereocenters. The Labute approximate surface area is 305 Å². The van der Waals surface area contributed by atoms with Crippen molar-refractivity contribution in [2.75, 3.05) is 19.8 Å². The van der Waals surface area contributed by atoms with Crippen LogP contribution in [0.1, 0.15) is 27.8 Å². The first-order valence-corrected chi connectivity index (χ1v) is 17.7. The summed E-state index contributed by atoms with van der Waals surface area (Å²) in [4.78, 5) is 14.3. The van der Waals surface area contributed by atoms with Gasteiger partial charge in [0.25, 0.3) is 0 Å². The van der Waals surface area contributed by atoms with E-state index in [1.165, 1.54) is 0 Å². The molecule has 5 aromatic rings. The number of ketones is 1. The van der Waals surface area contributed by atoms with Crippen LogP contribution in [0.4, 0.5) is 0 Å². The molecule has 0 amide bonds. The lowest BCUT2D eigenvalue weighted by Crippen LogP contribution is -2.52.